The predicted octanol–water partition coefficient (Wildman–Crippen LogP) is 4.17. The lowest BCUT2D eigenvalue weighted by molar-refractivity contribution is -0.682. The number of fused-ring (bicyclic) bond motifs is 1. The van der Waals surface area contributed by atoms with E-state index in [-0.39, 0.29) is 11.9 Å². The van der Waals surface area contributed by atoms with Crippen LogP contribution >= 0.6 is 15.9 Å². The van der Waals surface area contributed by atoms with Crippen LogP contribution in [-0.2, 0) is 4.79 Å². The molecular weight excluding hydrogens is 376 g/mol. The fourth-order valence-electron chi connectivity index (χ4n) is 3.03. The molecule has 3 aromatic rings. The summed E-state index contributed by atoms with van der Waals surface area (Å²) in [6.07, 6.45) is 0. The molecule has 3 N–H and O–H groups in total. The predicted molar refractivity (Wildman–Crippen MR) is 107 cm³/mol. The molecular formula is C21H22BrN2O+. The Labute approximate surface area is 156 Å². The van der Waals surface area contributed by atoms with Crippen LogP contribution in [0.1, 0.15) is 24.1 Å². The van der Waals surface area contributed by atoms with Crippen LogP contribution in [0.5, 0.6) is 0 Å². The van der Waals surface area contributed by atoms with Crippen molar-refractivity contribution in [2.24, 2.45) is 0 Å². The Morgan fingerprint density at radius 2 is 1.88 bits per heavy atom. The van der Waals surface area contributed by atoms with Crippen LogP contribution in [0, 0.1) is 6.92 Å². The van der Waals surface area contributed by atoms with Gasteiger partial charge in [-0.05, 0) is 48.4 Å². The first kappa shape index (κ1) is 17.6. The van der Waals surface area contributed by atoms with Crippen molar-refractivity contribution in [2.75, 3.05) is 11.9 Å². The van der Waals surface area contributed by atoms with Crippen LogP contribution in [0.3, 0.4) is 0 Å². The number of quaternary nitrogens is 1. The molecule has 0 saturated heterocycles. The van der Waals surface area contributed by atoms with Gasteiger partial charge in [0.25, 0.3) is 5.91 Å². The molecule has 0 fully saturated rings. The summed E-state index contributed by atoms with van der Waals surface area (Å²) in [5, 5.41) is 7.54. The average Bonchev–Trinajstić information content (AvgIpc) is 2.61. The van der Waals surface area contributed by atoms with Crippen molar-refractivity contribution < 1.29 is 10.1 Å². The number of carbonyl (C=O) groups excluding carboxylic acids is 1. The van der Waals surface area contributed by atoms with Crippen molar-refractivity contribution in [1.82, 2.24) is 0 Å². The molecule has 3 aromatic carbocycles. The molecule has 0 unspecified atom stereocenters. The third-order valence-corrected chi connectivity index (χ3v) is 4.93. The highest BCUT2D eigenvalue weighted by molar-refractivity contribution is 9.10. The number of hydrogen-bond donors (Lipinski definition) is 2. The summed E-state index contributed by atoms with van der Waals surface area (Å²) >= 11 is 3.44. The normalized spacial score (nSPS) is 12.1. The maximum absolute atomic E-state index is 12.3. The van der Waals surface area contributed by atoms with E-state index >= 15 is 0 Å². The second kappa shape index (κ2) is 7.81. The Hall–Kier alpha value is -2.17. The van der Waals surface area contributed by atoms with Gasteiger partial charge < -0.3 is 10.6 Å². The number of anilines is 1. The monoisotopic (exact) mass is 397 g/mol. The molecule has 3 rings (SSSR count). The maximum Gasteiger partial charge on any atom is 0.279 e. The van der Waals surface area contributed by atoms with Crippen molar-refractivity contribution in [3.05, 3.63) is 76.3 Å². The van der Waals surface area contributed by atoms with Crippen molar-refractivity contribution in [2.45, 2.75) is 19.9 Å². The van der Waals surface area contributed by atoms with Gasteiger partial charge in [0, 0.05) is 15.7 Å². The third-order valence-electron chi connectivity index (χ3n) is 4.43. The maximum atomic E-state index is 12.3. The third kappa shape index (κ3) is 4.27. The Bertz CT molecular complexity index is 902. The minimum atomic E-state index is 0.0116. The minimum Gasteiger partial charge on any atom is -0.332 e. The van der Waals surface area contributed by atoms with Gasteiger partial charge in [0.15, 0.2) is 6.54 Å². The van der Waals surface area contributed by atoms with E-state index in [9.17, 15) is 4.79 Å². The van der Waals surface area contributed by atoms with Gasteiger partial charge in [0.05, 0.1) is 0 Å². The molecule has 0 saturated carbocycles. The summed E-state index contributed by atoms with van der Waals surface area (Å²) < 4.78 is 1.01. The Balaban J connectivity index is 1.65. The second-order valence-corrected chi connectivity index (χ2v) is 7.22. The first-order valence-electron chi connectivity index (χ1n) is 8.41. The molecule has 0 radical (unpaired) electrons. The van der Waals surface area contributed by atoms with Gasteiger partial charge >= 0.3 is 0 Å². The summed E-state index contributed by atoms with van der Waals surface area (Å²) in [5.74, 6) is 0.0116. The number of benzene rings is 3. The van der Waals surface area contributed by atoms with E-state index in [0.717, 1.165) is 15.7 Å². The molecule has 1 atom stereocenters. The van der Waals surface area contributed by atoms with E-state index in [4.69, 9.17) is 0 Å². The Morgan fingerprint density at radius 3 is 2.68 bits per heavy atom. The number of amides is 1. The van der Waals surface area contributed by atoms with E-state index in [0.29, 0.717) is 6.54 Å². The zero-order chi connectivity index (χ0) is 17.8. The van der Waals surface area contributed by atoms with Crippen molar-refractivity contribution in [1.29, 1.82) is 0 Å². The van der Waals surface area contributed by atoms with E-state index in [1.54, 1.807) is 0 Å². The molecule has 0 spiro atoms. The molecule has 0 bridgehead atoms. The Kier molecular flexibility index (Phi) is 5.51. The number of carbonyl (C=O) groups is 1. The van der Waals surface area contributed by atoms with Crippen LogP contribution in [0.4, 0.5) is 5.69 Å². The first-order chi connectivity index (χ1) is 12.0. The lowest BCUT2D eigenvalue weighted by Gasteiger charge is -2.14. The fraction of sp³-hybridized carbons (Fsp3) is 0.190. The number of halogens is 1. The van der Waals surface area contributed by atoms with Gasteiger partial charge in [-0.15, -0.1) is 0 Å². The highest BCUT2D eigenvalue weighted by Gasteiger charge is 2.14. The number of rotatable bonds is 5. The second-order valence-electron chi connectivity index (χ2n) is 6.30. The number of hydrogen-bond acceptors (Lipinski definition) is 1. The van der Waals surface area contributed by atoms with Crippen LogP contribution in [-0.4, -0.2) is 12.5 Å². The van der Waals surface area contributed by atoms with Crippen LogP contribution in [0.15, 0.2) is 65.1 Å². The summed E-state index contributed by atoms with van der Waals surface area (Å²) in [5.41, 5.74) is 3.16. The highest BCUT2D eigenvalue weighted by atomic mass is 79.9. The van der Waals surface area contributed by atoms with Gasteiger partial charge in [0.2, 0.25) is 0 Å². The van der Waals surface area contributed by atoms with Gasteiger partial charge in [-0.3, -0.25) is 4.79 Å². The van der Waals surface area contributed by atoms with E-state index < -0.39 is 0 Å². The van der Waals surface area contributed by atoms with Gasteiger partial charge in [-0.1, -0.05) is 58.4 Å². The molecule has 1 amide bonds. The molecule has 128 valence electrons. The zero-order valence-electron chi connectivity index (χ0n) is 14.4. The molecule has 0 aliphatic rings. The number of nitrogens with two attached hydrogens (primary N) is 1. The summed E-state index contributed by atoms with van der Waals surface area (Å²) in [7, 11) is 0. The zero-order valence-corrected chi connectivity index (χ0v) is 16.0. The quantitative estimate of drug-likeness (QED) is 0.666. The molecule has 4 heteroatoms. The topological polar surface area (TPSA) is 45.7 Å². The number of nitrogens with one attached hydrogen (secondary N) is 1. The van der Waals surface area contributed by atoms with Crippen molar-refractivity contribution >= 4 is 38.3 Å². The first-order valence-corrected chi connectivity index (χ1v) is 9.21. The SMILES string of the molecule is Cc1cc(Br)ccc1NC(=O)C[NH2+][C@@H](C)c1cccc2ccccc12. The van der Waals surface area contributed by atoms with Gasteiger partial charge in [-0.25, -0.2) is 0 Å². The van der Waals surface area contributed by atoms with Crippen LogP contribution < -0.4 is 10.6 Å². The lowest BCUT2D eigenvalue weighted by Crippen LogP contribution is -2.86. The van der Waals surface area contributed by atoms with Crippen molar-refractivity contribution in [3.63, 3.8) is 0 Å². The summed E-state index contributed by atoms with van der Waals surface area (Å²) in [6, 6.07) is 20.8. The largest absolute Gasteiger partial charge is 0.332 e. The minimum absolute atomic E-state index is 0.0116. The average molecular weight is 398 g/mol. The van der Waals surface area contributed by atoms with Gasteiger partial charge in [-0.2, -0.15) is 0 Å². The molecule has 0 aliphatic heterocycles. The van der Waals surface area contributed by atoms with E-state index in [1.807, 2.05) is 25.1 Å². The van der Waals surface area contributed by atoms with E-state index in [2.05, 4.69) is 76.0 Å². The lowest BCUT2D eigenvalue weighted by atomic mass is 10.00. The highest BCUT2D eigenvalue weighted by Crippen LogP contribution is 2.22. The molecule has 25 heavy (non-hydrogen) atoms. The van der Waals surface area contributed by atoms with Gasteiger partial charge in [0.1, 0.15) is 6.04 Å². The summed E-state index contributed by atoms with van der Waals surface area (Å²) in [4.78, 5) is 12.3. The van der Waals surface area contributed by atoms with Crippen LogP contribution in [0.25, 0.3) is 10.8 Å². The fourth-order valence-corrected chi connectivity index (χ4v) is 3.50. The van der Waals surface area contributed by atoms with Crippen molar-refractivity contribution in [3.8, 4) is 0 Å². The summed E-state index contributed by atoms with van der Waals surface area (Å²) in [6.45, 7) is 4.52. The molecule has 0 aromatic heterocycles. The standard InChI is InChI=1S/C21H21BrN2O/c1-14-12-17(22)10-11-20(14)24-21(25)13-23-15(2)18-9-5-7-16-6-3-4-8-19(16)18/h3-12,15,23H,13H2,1-2H3,(H,24,25)/p+1/t15-/m0/s1. The van der Waals surface area contributed by atoms with E-state index in [1.165, 1.54) is 16.3 Å². The van der Waals surface area contributed by atoms with Crippen LogP contribution in [0.2, 0.25) is 0 Å². The molecule has 0 aliphatic carbocycles. The number of aryl methyl sites for hydroxylation is 1. The molecule has 3 nitrogen and oxygen atoms in total. The molecule has 0 heterocycles. The Morgan fingerprint density at radius 1 is 1.12 bits per heavy atom. The smallest absolute Gasteiger partial charge is 0.279 e.